The third-order valence-electron chi connectivity index (χ3n) is 5.42. The normalized spacial score (nSPS) is 16.2. The molecule has 162 valence electrons. The zero-order chi connectivity index (χ0) is 21.8. The van der Waals surface area contributed by atoms with Gasteiger partial charge in [0, 0.05) is 37.1 Å². The quantitative estimate of drug-likeness (QED) is 0.604. The van der Waals surface area contributed by atoms with E-state index in [9.17, 15) is 4.79 Å². The van der Waals surface area contributed by atoms with E-state index in [-0.39, 0.29) is 11.7 Å². The molecule has 0 amide bonds. The molecule has 4 rings (SSSR count). The summed E-state index contributed by atoms with van der Waals surface area (Å²) in [5.41, 5.74) is 2.25. The lowest BCUT2D eigenvalue weighted by molar-refractivity contribution is 0.0358. The van der Waals surface area contributed by atoms with Crippen LogP contribution in [0.15, 0.2) is 53.6 Å². The van der Waals surface area contributed by atoms with Gasteiger partial charge in [-0.2, -0.15) is 0 Å². The second-order valence-electron chi connectivity index (χ2n) is 7.14. The number of hydrogen-bond acceptors (Lipinski definition) is 7. The Morgan fingerprint density at radius 2 is 1.84 bits per heavy atom. The van der Waals surface area contributed by atoms with Crippen LogP contribution in [0.1, 0.15) is 18.6 Å². The maximum Gasteiger partial charge on any atom is 0.255 e. The van der Waals surface area contributed by atoms with Gasteiger partial charge < -0.3 is 19.1 Å². The predicted molar refractivity (Wildman–Crippen MR) is 118 cm³/mol. The minimum Gasteiger partial charge on any atom is -0.496 e. The molecule has 1 aliphatic rings. The molecule has 0 saturated carbocycles. The van der Waals surface area contributed by atoms with E-state index in [0.717, 1.165) is 11.1 Å². The molecule has 1 aliphatic heterocycles. The largest absolute Gasteiger partial charge is 0.496 e. The van der Waals surface area contributed by atoms with Gasteiger partial charge in [-0.15, -0.1) is 0 Å². The topological polar surface area (TPSA) is 78.7 Å². The van der Waals surface area contributed by atoms with Gasteiger partial charge in [0.05, 0.1) is 38.6 Å². The van der Waals surface area contributed by atoms with Crippen molar-refractivity contribution in [1.82, 2.24) is 14.5 Å². The minimum absolute atomic E-state index is 0.0859. The van der Waals surface area contributed by atoms with Gasteiger partial charge in [-0.05, 0) is 31.2 Å². The first-order valence-corrected chi connectivity index (χ1v) is 10.3. The summed E-state index contributed by atoms with van der Waals surface area (Å²) in [6.45, 7) is 4.10. The van der Waals surface area contributed by atoms with Crippen molar-refractivity contribution in [1.29, 1.82) is 0 Å². The lowest BCUT2D eigenvalue weighted by Crippen LogP contribution is -2.42. The molecular weight excluding hydrogens is 396 g/mol. The van der Waals surface area contributed by atoms with Gasteiger partial charge in [0.25, 0.3) is 5.56 Å². The van der Waals surface area contributed by atoms with Crippen LogP contribution in [-0.4, -0.2) is 48.5 Å². The van der Waals surface area contributed by atoms with Crippen molar-refractivity contribution in [2.45, 2.75) is 19.6 Å². The maximum atomic E-state index is 12.9. The Hall–Kier alpha value is -3.39. The average molecular weight is 422 g/mol. The Labute approximate surface area is 181 Å². The molecule has 0 spiro atoms. The van der Waals surface area contributed by atoms with E-state index in [0.29, 0.717) is 49.4 Å². The summed E-state index contributed by atoms with van der Waals surface area (Å²) in [7, 11) is 3.26. The fourth-order valence-electron chi connectivity index (χ4n) is 3.91. The molecule has 2 aromatic heterocycles. The summed E-state index contributed by atoms with van der Waals surface area (Å²) >= 11 is 0. The summed E-state index contributed by atoms with van der Waals surface area (Å²) in [6, 6.07) is 10.9. The molecule has 8 heteroatoms. The lowest BCUT2D eigenvalue weighted by Gasteiger charge is -2.35. The van der Waals surface area contributed by atoms with Crippen molar-refractivity contribution < 1.29 is 14.2 Å². The van der Waals surface area contributed by atoms with E-state index >= 15 is 0 Å². The Kier molecular flexibility index (Phi) is 6.18. The van der Waals surface area contributed by atoms with E-state index < -0.39 is 0 Å². The van der Waals surface area contributed by atoms with Gasteiger partial charge in [-0.25, -0.2) is 4.98 Å². The highest BCUT2D eigenvalue weighted by Crippen LogP contribution is 2.38. The summed E-state index contributed by atoms with van der Waals surface area (Å²) in [4.78, 5) is 23.9. The van der Waals surface area contributed by atoms with Crippen molar-refractivity contribution in [2.75, 3.05) is 38.8 Å². The zero-order valence-corrected chi connectivity index (χ0v) is 17.9. The van der Waals surface area contributed by atoms with Gasteiger partial charge in [0.1, 0.15) is 17.6 Å². The predicted octanol–water partition coefficient (Wildman–Crippen LogP) is 2.92. The van der Waals surface area contributed by atoms with Gasteiger partial charge >= 0.3 is 0 Å². The lowest BCUT2D eigenvalue weighted by atomic mass is 10.0. The number of hydrogen-bond donors (Lipinski definition) is 0. The highest BCUT2D eigenvalue weighted by Gasteiger charge is 2.29. The van der Waals surface area contributed by atoms with E-state index in [2.05, 4.69) is 9.88 Å². The smallest absolute Gasteiger partial charge is 0.255 e. The van der Waals surface area contributed by atoms with Crippen LogP contribution in [0.5, 0.6) is 11.5 Å². The Morgan fingerprint density at radius 3 is 2.48 bits per heavy atom. The monoisotopic (exact) mass is 422 g/mol. The molecule has 1 atom stereocenters. The first kappa shape index (κ1) is 20.9. The number of anilines is 1. The van der Waals surface area contributed by atoms with Crippen LogP contribution in [-0.2, 0) is 11.3 Å². The summed E-state index contributed by atoms with van der Waals surface area (Å²) in [5.74, 6) is 2.04. The van der Waals surface area contributed by atoms with Crippen LogP contribution in [0.25, 0.3) is 11.3 Å². The van der Waals surface area contributed by atoms with E-state index in [4.69, 9.17) is 19.2 Å². The summed E-state index contributed by atoms with van der Waals surface area (Å²) < 4.78 is 18.9. The van der Waals surface area contributed by atoms with Gasteiger partial charge in [0.2, 0.25) is 5.95 Å². The van der Waals surface area contributed by atoms with Gasteiger partial charge in [0.15, 0.2) is 0 Å². The molecule has 8 nitrogen and oxygen atoms in total. The second kappa shape index (κ2) is 9.18. The van der Waals surface area contributed by atoms with Crippen molar-refractivity contribution in [3.05, 3.63) is 64.7 Å². The van der Waals surface area contributed by atoms with Crippen LogP contribution in [0.3, 0.4) is 0 Å². The summed E-state index contributed by atoms with van der Waals surface area (Å²) in [6.07, 6.45) is 3.10. The standard InChI is InChI=1S/C23H26N4O4/c1-4-27-21(28)14-17(16-8-10-24-11-9-16)25-23(27)26-12-13-31-20(15-26)22-18(29-2)6-5-7-19(22)30-3/h5-11,14,20H,4,12-13,15H2,1-3H3. The SMILES string of the molecule is CCn1c(N2CCOC(c3c(OC)cccc3OC)C2)nc(-c2ccncc2)cc1=O. The Bertz CT molecular complexity index is 1080. The Morgan fingerprint density at radius 1 is 1.13 bits per heavy atom. The molecule has 1 saturated heterocycles. The second-order valence-corrected chi connectivity index (χ2v) is 7.14. The van der Waals surface area contributed by atoms with Crippen LogP contribution in [0.4, 0.5) is 5.95 Å². The fraction of sp³-hybridized carbons (Fsp3) is 0.348. The van der Waals surface area contributed by atoms with Gasteiger partial charge in [-0.1, -0.05) is 6.07 Å². The number of aromatic nitrogens is 3. The zero-order valence-electron chi connectivity index (χ0n) is 17.9. The third-order valence-corrected chi connectivity index (χ3v) is 5.42. The number of benzene rings is 1. The van der Waals surface area contributed by atoms with Crippen LogP contribution in [0, 0.1) is 0 Å². The molecule has 3 heterocycles. The first-order valence-electron chi connectivity index (χ1n) is 10.3. The molecular formula is C23H26N4O4. The van der Waals surface area contributed by atoms with E-state index in [1.807, 2.05) is 37.3 Å². The summed E-state index contributed by atoms with van der Waals surface area (Å²) in [5, 5.41) is 0. The van der Waals surface area contributed by atoms with Crippen LogP contribution in [0.2, 0.25) is 0 Å². The van der Waals surface area contributed by atoms with Crippen LogP contribution >= 0.6 is 0 Å². The molecule has 3 aromatic rings. The number of methoxy groups -OCH3 is 2. The highest BCUT2D eigenvalue weighted by molar-refractivity contribution is 5.59. The number of rotatable bonds is 6. The Balaban J connectivity index is 1.74. The highest BCUT2D eigenvalue weighted by atomic mass is 16.5. The molecule has 1 unspecified atom stereocenters. The van der Waals surface area contributed by atoms with E-state index in [1.54, 1.807) is 37.2 Å². The van der Waals surface area contributed by atoms with Crippen molar-refractivity contribution >= 4 is 5.95 Å². The van der Waals surface area contributed by atoms with Gasteiger partial charge in [-0.3, -0.25) is 14.3 Å². The first-order chi connectivity index (χ1) is 15.2. The molecule has 1 aromatic carbocycles. The number of ether oxygens (including phenoxy) is 3. The minimum atomic E-state index is -0.286. The van der Waals surface area contributed by atoms with Crippen molar-refractivity contribution in [2.24, 2.45) is 0 Å². The maximum absolute atomic E-state index is 12.9. The number of morpholine rings is 1. The van der Waals surface area contributed by atoms with E-state index in [1.165, 1.54) is 0 Å². The molecule has 0 radical (unpaired) electrons. The number of nitrogens with zero attached hydrogens (tertiary/aromatic N) is 4. The van der Waals surface area contributed by atoms with Crippen LogP contribution < -0.4 is 19.9 Å². The third kappa shape index (κ3) is 4.11. The van der Waals surface area contributed by atoms with Crippen molar-refractivity contribution in [3.63, 3.8) is 0 Å². The molecule has 0 aliphatic carbocycles. The fourth-order valence-corrected chi connectivity index (χ4v) is 3.91. The average Bonchev–Trinajstić information content (AvgIpc) is 2.83. The molecule has 0 N–H and O–H groups in total. The van der Waals surface area contributed by atoms with Crippen molar-refractivity contribution in [3.8, 4) is 22.8 Å². The molecule has 1 fully saturated rings. The molecule has 31 heavy (non-hydrogen) atoms. The number of pyridine rings is 1. The molecule has 0 bridgehead atoms.